The highest BCUT2D eigenvalue weighted by atomic mass is 127. The van der Waals surface area contributed by atoms with Gasteiger partial charge in [0.2, 0.25) is 11.8 Å². The lowest BCUT2D eigenvalue weighted by atomic mass is 9.87. The topological polar surface area (TPSA) is 99.1 Å². The van der Waals surface area contributed by atoms with Crippen LogP contribution in [0.15, 0.2) is 47.6 Å². The quantitative estimate of drug-likeness (QED) is 0.297. The zero-order valence-corrected chi connectivity index (χ0v) is 21.9. The van der Waals surface area contributed by atoms with Crippen LogP contribution in [0.4, 0.5) is 0 Å². The Morgan fingerprint density at radius 3 is 2.61 bits per heavy atom. The summed E-state index contributed by atoms with van der Waals surface area (Å²) in [4.78, 5) is 27.6. The van der Waals surface area contributed by atoms with E-state index in [4.69, 9.17) is 9.84 Å². The molecule has 0 saturated heterocycles. The number of para-hydroxylation sites is 1. The van der Waals surface area contributed by atoms with Gasteiger partial charge in [0.15, 0.2) is 0 Å². The van der Waals surface area contributed by atoms with E-state index in [2.05, 4.69) is 41.8 Å². The molecule has 8 heteroatoms. The largest absolute Gasteiger partial charge is 0.482 e. The summed E-state index contributed by atoms with van der Waals surface area (Å²) in [7, 11) is 0. The zero-order valence-electron chi connectivity index (χ0n) is 19.8. The first-order valence-corrected chi connectivity index (χ1v) is 12.4. The van der Waals surface area contributed by atoms with Crippen LogP contribution in [0, 0.1) is 9.49 Å². The van der Waals surface area contributed by atoms with Crippen LogP contribution in [-0.2, 0) is 9.59 Å². The molecule has 3 atom stereocenters. The van der Waals surface area contributed by atoms with Crippen LogP contribution >= 0.6 is 22.6 Å². The number of hydrogen-bond donors (Lipinski definition) is 3. The number of nitrogens with one attached hydrogen (secondary N) is 1. The van der Waals surface area contributed by atoms with Gasteiger partial charge in [-0.05, 0) is 67.0 Å². The van der Waals surface area contributed by atoms with Gasteiger partial charge in [-0.25, -0.2) is 0 Å². The summed E-state index contributed by atoms with van der Waals surface area (Å²) in [5.74, 6) is 0.438. The van der Waals surface area contributed by atoms with Crippen molar-refractivity contribution in [2.75, 3.05) is 19.7 Å². The van der Waals surface area contributed by atoms with E-state index in [1.807, 2.05) is 38.1 Å². The highest BCUT2D eigenvalue weighted by molar-refractivity contribution is 14.1. The molecule has 3 N–H and O–H groups in total. The second-order valence-electron chi connectivity index (χ2n) is 8.88. The first-order valence-electron chi connectivity index (χ1n) is 11.3. The summed E-state index contributed by atoms with van der Waals surface area (Å²) in [6.45, 7) is 8.28. The summed E-state index contributed by atoms with van der Waals surface area (Å²) in [5.41, 5.74) is 1.29. The highest BCUT2D eigenvalue weighted by Gasteiger charge is 2.40. The number of allylic oxidation sites excluding steroid dienone is 1. The molecular formula is C25H35IN2O5. The highest BCUT2D eigenvalue weighted by Crippen LogP contribution is 2.30. The number of aliphatic hydroxyl groups is 2. The van der Waals surface area contributed by atoms with Gasteiger partial charge in [0.25, 0.3) is 0 Å². The lowest BCUT2D eigenvalue weighted by Crippen LogP contribution is -2.55. The third-order valence-electron chi connectivity index (χ3n) is 5.36. The number of carbonyl (C=O) groups excluding carboxylic acids is 2. The molecule has 0 unspecified atom stereocenters. The molecule has 0 fully saturated rings. The molecule has 182 valence electrons. The molecule has 0 saturated carbocycles. The maximum Gasteiger partial charge on any atom is 0.247 e. The Hall–Kier alpha value is -1.91. The number of halogens is 1. The van der Waals surface area contributed by atoms with Crippen LogP contribution in [0.25, 0.3) is 0 Å². The maximum absolute atomic E-state index is 13.1. The van der Waals surface area contributed by atoms with Crippen molar-refractivity contribution in [1.29, 1.82) is 0 Å². The predicted octanol–water partition coefficient (Wildman–Crippen LogP) is 3.05. The molecule has 0 aliphatic heterocycles. The third kappa shape index (κ3) is 8.12. The Morgan fingerprint density at radius 1 is 1.30 bits per heavy atom. The Morgan fingerprint density at radius 2 is 2.00 bits per heavy atom. The number of benzene rings is 1. The summed E-state index contributed by atoms with van der Waals surface area (Å²) in [6.07, 6.45) is 2.33. The van der Waals surface area contributed by atoms with Crippen molar-refractivity contribution >= 4 is 34.4 Å². The van der Waals surface area contributed by atoms with Gasteiger partial charge in [-0.2, -0.15) is 0 Å². The van der Waals surface area contributed by atoms with Crippen molar-refractivity contribution < 1.29 is 24.5 Å². The van der Waals surface area contributed by atoms with Crippen molar-refractivity contribution in [3.63, 3.8) is 0 Å². The van der Waals surface area contributed by atoms with E-state index in [1.54, 1.807) is 17.1 Å². The van der Waals surface area contributed by atoms with E-state index in [0.29, 0.717) is 23.8 Å². The van der Waals surface area contributed by atoms with Crippen molar-refractivity contribution in [3.05, 3.63) is 51.1 Å². The van der Waals surface area contributed by atoms with Crippen LogP contribution in [0.2, 0.25) is 0 Å². The number of amides is 2. The van der Waals surface area contributed by atoms with Gasteiger partial charge in [0.1, 0.15) is 18.0 Å². The average molecular weight is 570 g/mol. The summed E-state index contributed by atoms with van der Waals surface area (Å²) in [6, 6.07) is 6.81. The van der Waals surface area contributed by atoms with Crippen LogP contribution in [-0.4, -0.2) is 64.9 Å². The average Bonchev–Trinajstić information content (AvgIpc) is 2.75. The Balaban J connectivity index is 2.42. The van der Waals surface area contributed by atoms with Gasteiger partial charge in [0, 0.05) is 31.2 Å². The molecule has 1 aliphatic rings. The maximum atomic E-state index is 13.1. The minimum atomic E-state index is -1.02. The minimum absolute atomic E-state index is 0.124. The number of carbonyl (C=O) groups is 2. The zero-order chi connectivity index (χ0) is 24.5. The van der Waals surface area contributed by atoms with E-state index in [1.165, 1.54) is 0 Å². The third-order valence-corrected chi connectivity index (χ3v) is 6.25. The van der Waals surface area contributed by atoms with Crippen LogP contribution in [0.1, 0.15) is 40.5 Å². The van der Waals surface area contributed by atoms with Crippen molar-refractivity contribution in [1.82, 2.24) is 10.2 Å². The Labute approximate surface area is 210 Å². The van der Waals surface area contributed by atoms with Gasteiger partial charge in [-0.1, -0.05) is 31.6 Å². The molecular weight excluding hydrogens is 535 g/mol. The second-order valence-corrected chi connectivity index (χ2v) is 10.0. The van der Waals surface area contributed by atoms with Gasteiger partial charge in [-0.3, -0.25) is 9.59 Å². The summed E-state index contributed by atoms with van der Waals surface area (Å²) < 4.78 is 7.01. The van der Waals surface area contributed by atoms with Crippen molar-refractivity contribution in [2.45, 2.75) is 58.8 Å². The van der Waals surface area contributed by atoms with Crippen LogP contribution in [0.5, 0.6) is 5.75 Å². The standard InChI is InChI=1S/C25H35IN2O5/c1-16(2)9-11-28(23(30)13-17(3)4)20-14-18(25(32)27-10-12-29)15-22(24(20)31)33-21-8-6-5-7-19(21)26/h5-8,13,15-16,20,22,24,29,31H,9-12,14H2,1-4H3,(H,27,32)/t20-,22+,24+/m1/s1. The Bertz CT molecular complexity index is 879. The number of rotatable bonds is 10. The SMILES string of the molecule is CC(C)=CC(=O)N(CCC(C)C)[C@@H]1CC(C(=O)NCCO)=C[C@H](Oc2ccccc2I)[C@H]1O. The molecule has 0 aromatic heterocycles. The van der Waals surface area contributed by atoms with E-state index in [0.717, 1.165) is 15.6 Å². The molecule has 0 bridgehead atoms. The fourth-order valence-corrected chi connectivity index (χ4v) is 4.15. The fraction of sp³-hybridized carbons (Fsp3) is 0.520. The molecule has 1 aromatic rings. The molecule has 1 aliphatic carbocycles. The first-order chi connectivity index (χ1) is 15.6. The van der Waals surface area contributed by atoms with Crippen molar-refractivity contribution in [2.24, 2.45) is 5.92 Å². The van der Waals surface area contributed by atoms with Crippen LogP contribution in [0.3, 0.4) is 0 Å². The molecule has 2 rings (SSSR count). The smallest absolute Gasteiger partial charge is 0.247 e. The van der Waals surface area contributed by atoms with Gasteiger partial charge in [0.05, 0.1) is 16.2 Å². The van der Waals surface area contributed by atoms with E-state index in [-0.39, 0.29) is 31.4 Å². The van der Waals surface area contributed by atoms with Gasteiger partial charge < -0.3 is 25.2 Å². The van der Waals surface area contributed by atoms with E-state index >= 15 is 0 Å². The molecule has 2 amide bonds. The minimum Gasteiger partial charge on any atom is -0.482 e. The number of aliphatic hydroxyl groups excluding tert-OH is 2. The summed E-state index contributed by atoms with van der Waals surface area (Å²) in [5, 5.41) is 23.1. The van der Waals surface area contributed by atoms with E-state index in [9.17, 15) is 14.7 Å². The molecule has 0 radical (unpaired) electrons. The normalized spacial score (nSPS) is 20.1. The molecule has 33 heavy (non-hydrogen) atoms. The monoisotopic (exact) mass is 570 g/mol. The first kappa shape index (κ1) is 27.3. The molecule has 1 aromatic carbocycles. The lowest BCUT2D eigenvalue weighted by Gasteiger charge is -2.40. The number of nitrogens with zero attached hydrogens (tertiary/aromatic N) is 1. The molecule has 0 heterocycles. The lowest BCUT2D eigenvalue weighted by molar-refractivity contribution is -0.133. The molecule has 0 spiro atoms. The predicted molar refractivity (Wildman–Crippen MR) is 137 cm³/mol. The van der Waals surface area contributed by atoms with Gasteiger partial charge >= 0.3 is 0 Å². The summed E-state index contributed by atoms with van der Waals surface area (Å²) >= 11 is 2.16. The Kier molecular flexibility index (Phi) is 10.9. The molecule has 7 nitrogen and oxygen atoms in total. The van der Waals surface area contributed by atoms with Gasteiger partial charge in [-0.15, -0.1) is 0 Å². The second kappa shape index (κ2) is 13.1. The van der Waals surface area contributed by atoms with Crippen LogP contribution < -0.4 is 10.1 Å². The number of hydrogen-bond acceptors (Lipinski definition) is 5. The number of ether oxygens (including phenoxy) is 1. The fourth-order valence-electron chi connectivity index (χ4n) is 3.63. The van der Waals surface area contributed by atoms with E-state index < -0.39 is 18.2 Å². The van der Waals surface area contributed by atoms with Crippen molar-refractivity contribution in [3.8, 4) is 5.75 Å².